The monoisotopic (exact) mass is 497 g/mol. The number of ether oxygens (including phenoxy) is 3. The molecule has 0 unspecified atom stereocenters. The zero-order valence-electron chi connectivity index (χ0n) is 17.3. The number of carbonyl (C=O) groups is 1. The van der Waals surface area contributed by atoms with Crippen molar-refractivity contribution in [2.24, 2.45) is 0 Å². The van der Waals surface area contributed by atoms with E-state index in [1.165, 1.54) is 38.0 Å². The summed E-state index contributed by atoms with van der Waals surface area (Å²) in [5.41, 5.74) is 1.12. The van der Waals surface area contributed by atoms with Crippen LogP contribution in [0.2, 0.25) is 10.0 Å². The lowest BCUT2D eigenvalue weighted by atomic mass is 10.0. The van der Waals surface area contributed by atoms with E-state index in [4.69, 9.17) is 37.4 Å². The maximum atomic E-state index is 12.7. The largest absolute Gasteiger partial charge is 0.619 e. The number of hydrogen-bond acceptors (Lipinski definition) is 7. The van der Waals surface area contributed by atoms with Gasteiger partial charge in [-0.25, -0.2) is 0 Å². The third-order valence-corrected chi connectivity index (χ3v) is 6.41. The van der Waals surface area contributed by atoms with Crippen molar-refractivity contribution < 1.29 is 28.8 Å². The molecule has 3 rings (SSSR count). The molecule has 0 saturated heterocycles. The summed E-state index contributed by atoms with van der Waals surface area (Å²) >= 11 is 13.8. The van der Waals surface area contributed by atoms with E-state index in [1.54, 1.807) is 30.3 Å². The average molecular weight is 498 g/mol. The number of hydrogen-bond donors (Lipinski definition) is 1. The lowest BCUT2D eigenvalue weighted by Gasteiger charge is -2.21. The first-order chi connectivity index (χ1) is 15.3. The normalized spacial score (nSPS) is 11.8. The zero-order chi connectivity index (χ0) is 23.3. The Kier molecular flexibility index (Phi) is 8.20. The van der Waals surface area contributed by atoms with Crippen LogP contribution >= 0.6 is 34.5 Å². The summed E-state index contributed by atoms with van der Waals surface area (Å²) in [6.07, 6.45) is 1.82. The molecule has 2 aromatic heterocycles. The van der Waals surface area contributed by atoms with Crippen molar-refractivity contribution in [1.82, 2.24) is 0 Å². The van der Waals surface area contributed by atoms with Crippen LogP contribution in [0.4, 0.5) is 0 Å². The Morgan fingerprint density at radius 3 is 2.34 bits per heavy atom. The molecule has 10 heteroatoms. The predicted octanol–water partition coefficient (Wildman–Crippen LogP) is 4.27. The highest BCUT2D eigenvalue weighted by molar-refractivity contribution is 7.12. The summed E-state index contributed by atoms with van der Waals surface area (Å²) in [5.74, 6) is 0.539. The molecule has 170 valence electrons. The molecule has 0 bridgehead atoms. The highest BCUT2D eigenvalue weighted by Gasteiger charge is 2.24. The lowest BCUT2D eigenvalue weighted by molar-refractivity contribution is -0.605. The van der Waals surface area contributed by atoms with E-state index in [0.717, 1.165) is 9.75 Å². The number of thiophene rings is 1. The van der Waals surface area contributed by atoms with E-state index in [9.17, 15) is 15.1 Å². The number of aromatic nitrogens is 1. The van der Waals surface area contributed by atoms with E-state index in [2.05, 4.69) is 0 Å². The molecule has 0 radical (unpaired) electrons. The van der Waals surface area contributed by atoms with Crippen LogP contribution in [0, 0.1) is 5.21 Å². The third-order valence-electron chi connectivity index (χ3n) is 4.69. The van der Waals surface area contributed by atoms with Crippen LogP contribution in [0.15, 0.2) is 42.7 Å². The van der Waals surface area contributed by atoms with Crippen LogP contribution in [0.5, 0.6) is 11.5 Å². The van der Waals surface area contributed by atoms with Crippen molar-refractivity contribution in [2.45, 2.75) is 25.6 Å². The van der Waals surface area contributed by atoms with Gasteiger partial charge in [0.1, 0.15) is 16.1 Å². The summed E-state index contributed by atoms with van der Waals surface area (Å²) in [7, 11) is 3.04. The van der Waals surface area contributed by atoms with Gasteiger partial charge in [-0.1, -0.05) is 29.3 Å². The quantitative estimate of drug-likeness (QED) is 0.269. The molecule has 2 heterocycles. The summed E-state index contributed by atoms with van der Waals surface area (Å²) in [4.78, 5) is 14.3. The maximum Gasteiger partial charge on any atom is 0.311 e. The van der Waals surface area contributed by atoms with Gasteiger partial charge >= 0.3 is 5.97 Å². The minimum absolute atomic E-state index is 0.0469. The number of pyridine rings is 1. The van der Waals surface area contributed by atoms with Gasteiger partial charge in [0.2, 0.25) is 0 Å². The van der Waals surface area contributed by atoms with Crippen LogP contribution in [0.1, 0.15) is 27.0 Å². The summed E-state index contributed by atoms with van der Waals surface area (Å²) in [6.45, 7) is -0.0846. The topological polar surface area (TPSA) is 91.9 Å². The van der Waals surface area contributed by atoms with Crippen molar-refractivity contribution in [1.29, 1.82) is 0 Å². The molecule has 32 heavy (non-hydrogen) atoms. The van der Waals surface area contributed by atoms with Crippen molar-refractivity contribution in [3.63, 3.8) is 0 Å². The number of methoxy groups -OCH3 is 2. The molecule has 0 saturated carbocycles. The first-order valence-electron chi connectivity index (χ1n) is 9.51. The number of rotatable bonds is 9. The second-order valence-electron chi connectivity index (χ2n) is 6.79. The number of aliphatic hydroxyl groups excluding tert-OH is 1. The fourth-order valence-corrected chi connectivity index (χ4v) is 4.60. The summed E-state index contributed by atoms with van der Waals surface area (Å²) < 4.78 is 17.0. The Hall–Kier alpha value is -2.52. The van der Waals surface area contributed by atoms with Gasteiger partial charge in [0, 0.05) is 21.7 Å². The molecule has 1 aromatic carbocycles. The molecule has 0 fully saturated rings. The molecule has 7 nitrogen and oxygen atoms in total. The minimum Gasteiger partial charge on any atom is -0.619 e. The van der Waals surface area contributed by atoms with Gasteiger partial charge in [0.25, 0.3) is 0 Å². The smallest absolute Gasteiger partial charge is 0.311 e. The average Bonchev–Trinajstić information content (AvgIpc) is 3.22. The fourth-order valence-electron chi connectivity index (χ4n) is 3.14. The Labute approximate surface area is 199 Å². The van der Waals surface area contributed by atoms with Gasteiger partial charge in [-0.2, -0.15) is 4.73 Å². The molecular formula is C22H21Cl2NO6S. The van der Waals surface area contributed by atoms with Gasteiger partial charge < -0.3 is 24.5 Å². The Morgan fingerprint density at radius 2 is 1.75 bits per heavy atom. The molecular weight excluding hydrogens is 477 g/mol. The van der Waals surface area contributed by atoms with Crippen LogP contribution in [0.25, 0.3) is 0 Å². The summed E-state index contributed by atoms with van der Waals surface area (Å²) in [6, 6.07) is 8.72. The molecule has 0 aliphatic heterocycles. The Balaban J connectivity index is 1.91. The highest BCUT2D eigenvalue weighted by atomic mass is 35.5. The molecule has 0 spiro atoms. The van der Waals surface area contributed by atoms with E-state index in [1.807, 2.05) is 0 Å². The first kappa shape index (κ1) is 24.1. The van der Waals surface area contributed by atoms with Crippen molar-refractivity contribution >= 4 is 40.5 Å². The fraction of sp³-hybridized carbons (Fsp3) is 0.273. The highest BCUT2D eigenvalue weighted by Crippen LogP contribution is 2.35. The second-order valence-corrected chi connectivity index (χ2v) is 8.86. The number of halogens is 2. The van der Waals surface area contributed by atoms with Gasteiger partial charge in [-0.15, -0.1) is 11.3 Å². The molecule has 3 aromatic rings. The van der Waals surface area contributed by atoms with Crippen molar-refractivity contribution in [3.8, 4) is 11.5 Å². The number of esters is 1. The van der Waals surface area contributed by atoms with E-state index in [-0.39, 0.29) is 29.5 Å². The lowest BCUT2D eigenvalue weighted by Crippen LogP contribution is -2.25. The van der Waals surface area contributed by atoms with Crippen LogP contribution in [0.3, 0.4) is 0 Å². The van der Waals surface area contributed by atoms with Crippen LogP contribution < -0.4 is 14.2 Å². The van der Waals surface area contributed by atoms with Gasteiger partial charge in [-0.3, -0.25) is 4.79 Å². The number of carbonyl (C=O) groups excluding carboxylic acids is 1. The second kappa shape index (κ2) is 10.9. The SMILES string of the molecule is COc1ccc([C@H](Cc2c(Cl)c[n+]([O-])cc2Cl)OC(=O)Cc2ccc(CO)s2)cc1OC. The van der Waals surface area contributed by atoms with Gasteiger partial charge in [0.15, 0.2) is 23.9 Å². The van der Waals surface area contributed by atoms with Crippen molar-refractivity contribution in [2.75, 3.05) is 14.2 Å². The van der Waals surface area contributed by atoms with Crippen LogP contribution in [-0.2, 0) is 29.0 Å². The van der Waals surface area contributed by atoms with Gasteiger partial charge in [0.05, 0.1) is 27.2 Å². The standard InChI is InChI=1S/C22H21Cl2NO6S/c1-29-19-6-3-13(7-21(19)30-2)20(9-16-17(23)10-25(28)11-18(16)24)31-22(27)8-14-4-5-15(12-26)32-14/h3-7,10-11,20,26H,8-9,12H2,1-2H3/t20-/m0/s1. The Bertz CT molecular complexity index is 1080. The van der Waals surface area contributed by atoms with Crippen molar-refractivity contribution in [3.05, 3.63) is 78.9 Å². The Morgan fingerprint density at radius 1 is 1.09 bits per heavy atom. The number of aliphatic hydroxyl groups is 1. The van der Waals surface area contributed by atoms with Crippen LogP contribution in [-0.4, -0.2) is 25.3 Å². The molecule has 1 atom stereocenters. The van der Waals surface area contributed by atoms with Gasteiger partial charge in [-0.05, 0) is 29.8 Å². The van der Waals surface area contributed by atoms with E-state index < -0.39 is 12.1 Å². The molecule has 0 aliphatic carbocycles. The minimum atomic E-state index is -0.753. The third kappa shape index (κ3) is 5.83. The number of benzene rings is 1. The predicted molar refractivity (Wildman–Crippen MR) is 121 cm³/mol. The molecule has 1 N–H and O–H groups in total. The zero-order valence-corrected chi connectivity index (χ0v) is 19.7. The number of nitrogens with zero attached hydrogens (tertiary/aromatic N) is 1. The van der Waals surface area contributed by atoms with E-state index in [0.29, 0.717) is 27.4 Å². The molecule has 0 amide bonds. The first-order valence-corrected chi connectivity index (χ1v) is 11.1. The summed E-state index contributed by atoms with van der Waals surface area (Å²) in [5, 5.41) is 21.2. The molecule has 0 aliphatic rings. The maximum absolute atomic E-state index is 12.7. The van der Waals surface area contributed by atoms with E-state index >= 15 is 0 Å².